The van der Waals surface area contributed by atoms with Crippen LogP contribution in [0.25, 0.3) is 0 Å². The molecule has 1 saturated heterocycles. The summed E-state index contributed by atoms with van der Waals surface area (Å²) < 4.78 is 2.37. The first-order valence-electron chi connectivity index (χ1n) is 7.61. The average molecular weight is 378 g/mol. The fourth-order valence-corrected chi connectivity index (χ4v) is 3.29. The van der Waals surface area contributed by atoms with Crippen LogP contribution in [-0.2, 0) is 7.05 Å². The van der Waals surface area contributed by atoms with Gasteiger partial charge in [0.2, 0.25) is 0 Å². The van der Waals surface area contributed by atoms with Gasteiger partial charge in [0, 0.05) is 43.4 Å². The van der Waals surface area contributed by atoms with Crippen LogP contribution < -0.4 is 21.1 Å². The van der Waals surface area contributed by atoms with Gasteiger partial charge in [0.05, 0.1) is 11.9 Å². The molecule has 1 fully saturated rings. The van der Waals surface area contributed by atoms with E-state index in [1.54, 1.807) is 19.3 Å². The first-order chi connectivity index (χ1) is 11.0. The second-order valence-corrected chi connectivity index (χ2v) is 6.68. The number of hydrogen-bond acceptors (Lipinski definition) is 5. The average Bonchev–Trinajstić information content (AvgIpc) is 2.53. The third-order valence-corrected chi connectivity index (χ3v) is 4.43. The largest absolute Gasteiger partial charge is 0.365 e. The van der Waals surface area contributed by atoms with E-state index in [0.717, 1.165) is 29.8 Å². The molecule has 1 atom stereocenters. The number of nitrogens with one attached hydrogen (secondary N) is 2. The maximum atomic E-state index is 12.1. The molecule has 2 N–H and O–H groups in total. The van der Waals surface area contributed by atoms with E-state index in [1.165, 1.54) is 4.57 Å². The zero-order valence-corrected chi connectivity index (χ0v) is 14.8. The Morgan fingerprint density at radius 1 is 1.43 bits per heavy atom. The van der Waals surface area contributed by atoms with Crippen molar-refractivity contribution < 1.29 is 0 Å². The van der Waals surface area contributed by atoms with Gasteiger partial charge in [-0.25, -0.2) is 4.98 Å². The SMILES string of the molecule is CC1CNCCN1c1ccc(Nc2cc(Br)cn(C)c2=O)nc1. The van der Waals surface area contributed by atoms with Gasteiger partial charge in [0.1, 0.15) is 11.5 Å². The summed E-state index contributed by atoms with van der Waals surface area (Å²) in [6, 6.07) is 6.15. The minimum Gasteiger partial charge on any atom is -0.365 e. The van der Waals surface area contributed by atoms with Crippen LogP contribution in [0.15, 0.2) is 39.9 Å². The van der Waals surface area contributed by atoms with Crippen molar-refractivity contribution >= 4 is 33.1 Å². The summed E-state index contributed by atoms with van der Waals surface area (Å²) in [5, 5.41) is 6.47. The van der Waals surface area contributed by atoms with E-state index in [2.05, 4.69) is 43.4 Å². The Balaban J connectivity index is 1.79. The number of aryl methyl sites for hydroxylation is 1. The van der Waals surface area contributed by atoms with Crippen molar-refractivity contribution in [3.63, 3.8) is 0 Å². The molecule has 0 amide bonds. The van der Waals surface area contributed by atoms with Gasteiger partial charge >= 0.3 is 0 Å². The predicted molar refractivity (Wildman–Crippen MR) is 96.6 cm³/mol. The first kappa shape index (κ1) is 16.0. The number of anilines is 3. The van der Waals surface area contributed by atoms with Crippen molar-refractivity contribution in [2.24, 2.45) is 7.05 Å². The Labute approximate surface area is 143 Å². The molecule has 0 saturated carbocycles. The molecule has 1 aliphatic heterocycles. The highest BCUT2D eigenvalue weighted by molar-refractivity contribution is 9.10. The van der Waals surface area contributed by atoms with Gasteiger partial charge in [0.15, 0.2) is 0 Å². The van der Waals surface area contributed by atoms with E-state index < -0.39 is 0 Å². The monoisotopic (exact) mass is 377 g/mol. The molecule has 0 bridgehead atoms. The summed E-state index contributed by atoms with van der Waals surface area (Å²) in [5.74, 6) is 0.659. The third kappa shape index (κ3) is 3.56. The highest BCUT2D eigenvalue weighted by Crippen LogP contribution is 2.21. The lowest BCUT2D eigenvalue weighted by molar-refractivity contribution is 0.500. The van der Waals surface area contributed by atoms with E-state index in [-0.39, 0.29) is 5.56 Å². The topological polar surface area (TPSA) is 62.2 Å². The van der Waals surface area contributed by atoms with Crippen LogP contribution in [0, 0.1) is 0 Å². The molecule has 3 heterocycles. The normalized spacial score (nSPS) is 18.0. The zero-order valence-electron chi connectivity index (χ0n) is 13.2. The van der Waals surface area contributed by atoms with E-state index in [9.17, 15) is 4.79 Å². The maximum Gasteiger partial charge on any atom is 0.274 e. The minimum absolute atomic E-state index is 0.0881. The molecule has 3 rings (SSSR count). The van der Waals surface area contributed by atoms with Gasteiger partial charge in [-0.05, 0) is 41.1 Å². The van der Waals surface area contributed by atoms with Crippen LogP contribution >= 0.6 is 15.9 Å². The van der Waals surface area contributed by atoms with Crippen molar-refractivity contribution in [3.05, 3.63) is 45.4 Å². The number of aromatic nitrogens is 2. The molecule has 2 aromatic rings. The fraction of sp³-hybridized carbons (Fsp3) is 0.375. The minimum atomic E-state index is -0.0881. The molecule has 6 nitrogen and oxygen atoms in total. The first-order valence-corrected chi connectivity index (χ1v) is 8.40. The van der Waals surface area contributed by atoms with Crippen LogP contribution in [0.1, 0.15) is 6.92 Å². The summed E-state index contributed by atoms with van der Waals surface area (Å²) in [6.07, 6.45) is 3.59. The summed E-state index contributed by atoms with van der Waals surface area (Å²) in [4.78, 5) is 18.9. The third-order valence-electron chi connectivity index (χ3n) is 3.99. The van der Waals surface area contributed by atoms with Crippen molar-refractivity contribution in [1.29, 1.82) is 0 Å². The van der Waals surface area contributed by atoms with Gasteiger partial charge in [-0.2, -0.15) is 0 Å². The van der Waals surface area contributed by atoms with E-state index in [0.29, 0.717) is 17.5 Å². The van der Waals surface area contributed by atoms with Crippen molar-refractivity contribution in [3.8, 4) is 0 Å². The Kier molecular flexibility index (Phi) is 4.68. The molecular formula is C16H20BrN5O. The fourth-order valence-electron chi connectivity index (χ4n) is 2.75. The molecule has 0 spiro atoms. The standard InChI is InChI=1S/C16H20BrN5O/c1-11-8-18-5-6-22(11)13-3-4-15(19-9-13)20-14-7-12(17)10-21(2)16(14)23/h3-4,7,9-11,18H,5-6,8H2,1-2H3,(H,19,20). The molecule has 23 heavy (non-hydrogen) atoms. The number of hydrogen-bond donors (Lipinski definition) is 2. The quantitative estimate of drug-likeness (QED) is 0.857. The second kappa shape index (κ2) is 6.72. The molecule has 122 valence electrons. The Hall–Kier alpha value is -1.86. The van der Waals surface area contributed by atoms with Crippen molar-refractivity contribution in [2.45, 2.75) is 13.0 Å². The molecule has 0 radical (unpaired) electrons. The lowest BCUT2D eigenvalue weighted by Gasteiger charge is -2.35. The van der Waals surface area contributed by atoms with Crippen molar-refractivity contribution in [2.75, 3.05) is 29.9 Å². The predicted octanol–water partition coefficient (Wildman–Crippen LogP) is 2.08. The van der Waals surface area contributed by atoms with Crippen LogP contribution in [-0.4, -0.2) is 35.2 Å². The smallest absolute Gasteiger partial charge is 0.274 e. The zero-order chi connectivity index (χ0) is 16.4. The molecular weight excluding hydrogens is 358 g/mol. The molecule has 0 aromatic carbocycles. The van der Waals surface area contributed by atoms with Gasteiger partial charge in [-0.3, -0.25) is 4.79 Å². The maximum absolute atomic E-state index is 12.1. The number of rotatable bonds is 3. The summed E-state index contributed by atoms with van der Waals surface area (Å²) in [6.45, 7) is 5.14. The van der Waals surface area contributed by atoms with E-state index >= 15 is 0 Å². The van der Waals surface area contributed by atoms with E-state index in [4.69, 9.17) is 0 Å². The molecule has 0 aliphatic carbocycles. The number of piperazine rings is 1. The van der Waals surface area contributed by atoms with Gasteiger partial charge in [-0.1, -0.05) is 0 Å². The second-order valence-electron chi connectivity index (χ2n) is 5.76. The van der Waals surface area contributed by atoms with Gasteiger partial charge in [-0.15, -0.1) is 0 Å². The Morgan fingerprint density at radius 2 is 2.26 bits per heavy atom. The summed E-state index contributed by atoms with van der Waals surface area (Å²) >= 11 is 3.40. The highest BCUT2D eigenvalue weighted by Gasteiger charge is 2.18. The van der Waals surface area contributed by atoms with Crippen LogP contribution in [0.2, 0.25) is 0 Å². The number of pyridine rings is 2. The summed E-state index contributed by atoms with van der Waals surface area (Å²) in [5.41, 5.74) is 1.51. The van der Waals surface area contributed by atoms with E-state index in [1.807, 2.05) is 18.3 Å². The molecule has 1 unspecified atom stereocenters. The van der Waals surface area contributed by atoms with Crippen LogP contribution in [0.5, 0.6) is 0 Å². The summed E-state index contributed by atoms with van der Waals surface area (Å²) in [7, 11) is 1.72. The number of halogens is 1. The molecule has 1 aliphatic rings. The Morgan fingerprint density at radius 3 is 2.96 bits per heavy atom. The molecule has 7 heteroatoms. The van der Waals surface area contributed by atoms with Gasteiger partial charge in [0.25, 0.3) is 5.56 Å². The van der Waals surface area contributed by atoms with Crippen molar-refractivity contribution in [1.82, 2.24) is 14.9 Å². The molecule has 2 aromatic heterocycles. The Bertz CT molecular complexity index is 743. The van der Waals surface area contributed by atoms with Gasteiger partial charge < -0.3 is 20.1 Å². The highest BCUT2D eigenvalue weighted by atomic mass is 79.9. The lowest BCUT2D eigenvalue weighted by Crippen LogP contribution is -2.49. The van der Waals surface area contributed by atoms with Crippen LogP contribution in [0.3, 0.4) is 0 Å². The van der Waals surface area contributed by atoms with Crippen LogP contribution in [0.4, 0.5) is 17.2 Å². The lowest BCUT2D eigenvalue weighted by atomic mass is 10.2. The number of nitrogens with zero attached hydrogens (tertiary/aromatic N) is 3.